The minimum Gasteiger partial charge on any atom is -0.444 e. The second-order valence-electron chi connectivity index (χ2n) is 7.33. The first-order valence-corrected chi connectivity index (χ1v) is 8.96. The number of carbonyl (C=O) groups excluding carboxylic acids is 3. The van der Waals surface area contributed by atoms with Crippen molar-refractivity contribution in [3.05, 3.63) is 35.6 Å². The van der Waals surface area contributed by atoms with Gasteiger partial charge in [0.25, 0.3) is 5.91 Å². The fourth-order valence-corrected chi connectivity index (χ4v) is 2.71. The summed E-state index contributed by atoms with van der Waals surface area (Å²) in [5.74, 6) is -1.02. The molecule has 1 N–H and O–H groups in total. The van der Waals surface area contributed by atoms with Crippen LogP contribution < -0.4 is 5.32 Å². The van der Waals surface area contributed by atoms with Crippen molar-refractivity contribution in [2.24, 2.45) is 0 Å². The van der Waals surface area contributed by atoms with Crippen molar-refractivity contribution in [2.45, 2.75) is 32.8 Å². The molecule has 3 amide bonds. The van der Waals surface area contributed by atoms with Crippen LogP contribution >= 0.6 is 0 Å². The van der Waals surface area contributed by atoms with Gasteiger partial charge in [-0.3, -0.25) is 9.59 Å². The molecular formula is C19H26FN3O4. The summed E-state index contributed by atoms with van der Waals surface area (Å²) in [6.07, 6.45) is -0.406. The van der Waals surface area contributed by atoms with Crippen LogP contribution in [0.5, 0.6) is 0 Å². The second kappa shape index (κ2) is 8.83. The highest BCUT2D eigenvalue weighted by Crippen LogP contribution is 2.13. The Morgan fingerprint density at radius 2 is 1.67 bits per heavy atom. The molecule has 0 aromatic heterocycles. The molecule has 1 saturated heterocycles. The average molecular weight is 379 g/mol. The quantitative estimate of drug-likeness (QED) is 0.868. The highest BCUT2D eigenvalue weighted by molar-refractivity contribution is 5.94. The molecule has 0 spiro atoms. The summed E-state index contributed by atoms with van der Waals surface area (Å²) < 4.78 is 18.9. The van der Waals surface area contributed by atoms with Gasteiger partial charge in [-0.05, 0) is 32.9 Å². The third-order valence-corrected chi connectivity index (χ3v) is 4.03. The molecule has 1 fully saturated rings. The Hall–Kier alpha value is -2.64. The van der Waals surface area contributed by atoms with Crippen LogP contribution in [-0.4, -0.2) is 66.0 Å². The van der Waals surface area contributed by atoms with Crippen LogP contribution in [0.15, 0.2) is 24.3 Å². The first kappa shape index (κ1) is 20.7. The molecule has 1 heterocycles. The van der Waals surface area contributed by atoms with E-state index in [9.17, 15) is 18.8 Å². The third-order valence-electron chi connectivity index (χ3n) is 4.03. The number of benzene rings is 1. The van der Waals surface area contributed by atoms with Crippen LogP contribution in [0.25, 0.3) is 0 Å². The molecule has 0 atom stereocenters. The predicted molar refractivity (Wildman–Crippen MR) is 97.7 cm³/mol. The Bertz CT molecular complexity index is 694. The second-order valence-corrected chi connectivity index (χ2v) is 7.33. The lowest BCUT2D eigenvalue weighted by Gasteiger charge is -2.35. The summed E-state index contributed by atoms with van der Waals surface area (Å²) in [6.45, 7) is 6.93. The molecule has 1 aliphatic heterocycles. The normalized spacial score (nSPS) is 14.7. The number of ether oxygens (including phenoxy) is 1. The average Bonchev–Trinajstić information content (AvgIpc) is 2.60. The monoisotopic (exact) mass is 379 g/mol. The maximum Gasteiger partial charge on any atom is 0.407 e. The smallest absolute Gasteiger partial charge is 0.407 e. The van der Waals surface area contributed by atoms with Crippen molar-refractivity contribution in [2.75, 3.05) is 32.7 Å². The number of nitrogens with one attached hydrogen (secondary N) is 1. The van der Waals surface area contributed by atoms with E-state index >= 15 is 0 Å². The fourth-order valence-electron chi connectivity index (χ4n) is 2.71. The first-order valence-electron chi connectivity index (χ1n) is 8.96. The van der Waals surface area contributed by atoms with E-state index in [1.165, 1.54) is 18.2 Å². The number of hydrogen-bond donors (Lipinski definition) is 1. The van der Waals surface area contributed by atoms with Crippen molar-refractivity contribution in [3.63, 3.8) is 0 Å². The topological polar surface area (TPSA) is 79.0 Å². The molecule has 7 nitrogen and oxygen atoms in total. The number of rotatable bonds is 4. The number of amides is 3. The van der Waals surface area contributed by atoms with Crippen LogP contribution in [0.2, 0.25) is 0 Å². The van der Waals surface area contributed by atoms with Crippen molar-refractivity contribution < 1.29 is 23.5 Å². The number of halogens is 1. The molecule has 2 rings (SSSR count). The summed E-state index contributed by atoms with van der Waals surface area (Å²) >= 11 is 0. The number of alkyl carbamates (subject to hydrolysis) is 1. The lowest BCUT2D eigenvalue weighted by molar-refractivity contribution is -0.132. The van der Waals surface area contributed by atoms with Crippen molar-refractivity contribution >= 4 is 17.9 Å². The van der Waals surface area contributed by atoms with Gasteiger partial charge in [-0.15, -0.1) is 0 Å². The minimum atomic E-state index is -0.588. The highest BCUT2D eigenvalue weighted by atomic mass is 19.1. The van der Waals surface area contributed by atoms with Gasteiger partial charge >= 0.3 is 6.09 Å². The summed E-state index contributed by atoms with van der Waals surface area (Å²) in [4.78, 5) is 39.4. The summed E-state index contributed by atoms with van der Waals surface area (Å²) in [7, 11) is 0. The molecule has 0 aliphatic carbocycles. The van der Waals surface area contributed by atoms with Gasteiger partial charge in [0.2, 0.25) is 5.91 Å². The van der Waals surface area contributed by atoms with E-state index in [4.69, 9.17) is 4.74 Å². The summed E-state index contributed by atoms with van der Waals surface area (Å²) in [6, 6.07) is 5.87. The molecule has 0 saturated carbocycles. The zero-order valence-corrected chi connectivity index (χ0v) is 16.0. The van der Waals surface area contributed by atoms with Crippen LogP contribution in [-0.2, 0) is 9.53 Å². The number of nitrogens with zero attached hydrogens (tertiary/aromatic N) is 2. The van der Waals surface area contributed by atoms with Gasteiger partial charge < -0.3 is 19.9 Å². The molecule has 0 bridgehead atoms. The number of carbonyl (C=O) groups is 3. The van der Waals surface area contributed by atoms with E-state index in [2.05, 4.69) is 5.32 Å². The first-order chi connectivity index (χ1) is 12.7. The Morgan fingerprint density at radius 3 is 2.26 bits per heavy atom. The van der Waals surface area contributed by atoms with E-state index in [1.807, 2.05) is 0 Å². The van der Waals surface area contributed by atoms with Gasteiger partial charge in [-0.1, -0.05) is 12.1 Å². The maximum atomic E-state index is 13.8. The lowest BCUT2D eigenvalue weighted by atomic mass is 10.1. The van der Waals surface area contributed by atoms with Crippen molar-refractivity contribution in [3.8, 4) is 0 Å². The third kappa shape index (κ3) is 6.23. The highest BCUT2D eigenvalue weighted by Gasteiger charge is 2.26. The van der Waals surface area contributed by atoms with Crippen LogP contribution in [0.1, 0.15) is 37.6 Å². The molecule has 8 heteroatoms. The van der Waals surface area contributed by atoms with Crippen LogP contribution in [0, 0.1) is 5.82 Å². The molecule has 1 aromatic carbocycles. The van der Waals surface area contributed by atoms with Gasteiger partial charge in [0.05, 0.1) is 5.56 Å². The Balaban J connectivity index is 1.75. The van der Waals surface area contributed by atoms with Gasteiger partial charge in [0, 0.05) is 39.1 Å². The van der Waals surface area contributed by atoms with E-state index in [0.717, 1.165) is 0 Å². The molecule has 1 aromatic rings. The zero-order chi connectivity index (χ0) is 20.0. The molecule has 0 radical (unpaired) electrons. The molecule has 27 heavy (non-hydrogen) atoms. The zero-order valence-electron chi connectivity index (χ0n) is 16.0. The van der Waals surface area contributed by atoms with Crippen LogP contribution in [0.4, 0.5) is 9.18 Å². The SMILES string of the molecule is CC(C)(C)OC(=O)NCCC(=O)N1CCN(C(=O)c2ccccc2F)CC1. The standard InChI is InChI=1S/C19H26FN3O4/c1-19(2,3)27-18(26)21-9-8-16(24)22-10-12-23(13-11-22)17(25)14-6-4-5-7-15(14)20/h4-7H,8-13H2,1-3H3,(H,21,26). The molecular weight excluding hydrogens is 353 g/mol. The van der Waals surface area contributed by atoms with Gasteiger partial charge in [-0.2, -0.15) is 0 Å². The van der Waals surface area contributed by atoms with Gasteiger partial charge in [0.15, 0.2) is 0 Å². The maximum absolute atomic E-state index is 13.8. The van der Waals surface area contributed by atoms with E-state index in [0.29, 0.717) is 26.2 Å². The molecule has 1 aliphatic rings. The van der Waals surface area contributed by atoms with E-state index in [-0.39, 0.29) is 30.3 Å². The molecule has 148 valence electrons. The predicted octanol–water partition coefficient (Wildman–Crippen LogP) is 2.02. The van der Waals surface area contributed by atoms with E-state index < -0.39 is 17.5 Å². The summed E-state index contributed by atoms with van der Waals surface area (Å²) in [5.41, 5.74) is -0.548. The van der Waals surface area contributed by atoms with Crippen LogP contribution in [0.3, 0.4) is 0 Å². The Morgan fingerprint density at radius 1 is 1.07 bits per heavy atom. The summed E-state index contributed by atoms with van der Waals surface area (Å²) in [5, 5.41) is 2.55. The fraction of sp³-hybridized carbons (Fsp3) is 0.526. The Labute approximate surface area is 158 Å². The minimum absolute atomic E-state index is 0.0406. The largest absolute Gasteiger partial charge is 0.444 e. The van der Waals surface area contributed by atoms with Crippen molar-refractivity contribution in [1.82, 2.24) is 15.1 Å². The Kier molecular flexibility index (Phi) is 6.76. The van der Waals surface area contributed by atoms with Gasteiger partial charge in [0.1, 0.15) is 11.4 Å². The van der Waals surface area contributed by atoms with Gasteiger partial charge in [-0.25, -0.2) is 9.18 Å². The van der Waals surface area contributed by atoms with Crippen molar-refractivity contribution in [1.29, 1.82) is 0 Å². The molecule has 0 unspecified atom stereocenters. The lowest BCUT2D eigenvalue weighted by Crippen LogP contribution is -2.51. The number of piperazine rings is 1. The number of hydrogen-bond acceptors (Lipinski definition) is 4. The van der Waals surface area contributed by atoms with E-state index in [1.54, 1.807) is 36.6 Å².